The molecule has 0 spiro atoms. The molecule has 4 rings (SSSR count). The molecule has 2 aromatic heterocycles. The molecule has 2 aromatic rings. The number of pyridine rings is 1. The summed E-state index contributed by atoms with van der Waals surface area (Å²) >= 11 is 6.19. The Labute approximate surface area is 187 Å². The number of ether oxygens (including phenoxy) is 2. The molecule has 3 heterocycles. The molecule has 1 saturated carbocycles. The van der Waals surface area contributed by atoms with E-state index in [4.69, 9.17) is 36.0 Å². The topological polar surface area (TPSA) is 192 Å². The molecule has 0 unspecified atom stereocenters. The molecular formula is C17H25ClN5O8P. The minimum atomic E-state index is -4.72. The Morgan fingerprint density at radius 3 is 2.69 bits per heavy atom. The van der Waals surface area contributed by atoms with Crippen LogP contribution in [0.15, 0.2) is 6.07 Å². The van der Waals surface area contributed by atoms with Crippen LogP contribution < -0.4 is 5.32 Å². The van der Waals surface area contributed by atoms with Crippen molar-refractivity contribution in [3.63, 3.8) is 0 Å². The van der Waals surface area contributed by atoms with Gasteiger partial charge in [0.05, 0.1) is 18.9 Å². The minimum absolute atomic E-state index is 0.182. The first kappa shape index (κ1) is 23.7. The van der Waals surface area contributed by atoms with Crippen LogP contribution in [0.1, 0.15) is 31.9 Å². The largest absolute Gasteiger partial charge is 0.393 e. The second-order valence-electron chi connectivity index (χ2n) is 7.93. The molecule has 15 heteroatoms. The average Bonchev–Trinajstić information content (AvgIpc) is 3.44. The van der Waals surface area contributed by atoms with E-state index in [1.54, 1.807) is 6.07 Å². The fraction of sp³-hybridized carbons (Fsp3) is 0.706. The Morgan fingerprint density at radius 2 is 2.03 bits per heavy atom. The zero-order chi connectivity index (χ0) is 23.0. The van der Waals surface area contributed by atoms with Gasteiger partial charge in [-0.1, -0.05) is 29.7 Å². The standard InChI is InChI=1S/C17H25ClN5O8P/c18-11-5-9(19-8-3-1-2-4-8)13-16(20-11)23(22-21-13)17-15(26)14(25)10(31-17)7-30-12(6-24)32(27,28)29/h5,8,10,12,14-15,17,24-26H,1-4,6-7H2,(H,19,20)(H2,27,28,29)/t10-,12+,14-,15-,17-/m1/s1. The molecule has 0 aromatic carbocycles. The molecule has 0 radical (unpaired) electrons. The fourth-order valence-electron chi connectivity index (χ4n) is 3.99. The van der Waals surface area contributed by atoms with Crippen molar-refractivity contribution in [1.29, 1.82) is 0 Å². The van der Waals surface area contributed by atoms with Crippen LogP contribution in [0, 0.1) is 0 Å². The Kier molecular flexibility index (Phi) is 7.01. The van der Waals surface area contributed by atoms with Crippen molar-refractivity contribution in [2.45, 2.75) is 62.1 Å². The number of rotatable bonds is 8. The Hall–Kier alpha value is -1.41. The number of nitrogens with zero attached hydrogens (tertiary/aromatic N) is 4. The number of nitrogens with one attached hydrogen (secondary N) is 1. The molecule has 0 bridgehead atoms. The maximum absolute atomic E-state index is 11.3. The SMILES string of the molecule is O=P(O)(O)[C@@H](CO)OC[C@H]1O[C@@H](n2nnc3c(NC4CCCC4)cc(Cl)nc32)[C@H](O)[C@@H]1O. The van der Waals surface area contributed by atoms with Crippen molar-refractivity contribution in [3.05, 3.63) is 11.2 Å². The molecule has 2 aliphatic rings. The van der Waals surface area contributed by atoms with E-state index in [0.29, 0.717) is 11.2 Å². The zero-order valence-corrected chi connectivity index (χ0v) is 18.5. The lowest BCUT2D eigenvalue weighted by Gasteiger charge is -2.20. The third-order valence-corrected chi connectivity index (χ3v) is 6.93. The van der Waals surface area contributed by atoms with Gasteiger partial charge in [0.25, 0.3) is 0 Å². The second-order valence-corrected chi connectivity index (χ2v) is 10.1. The number of aromatic nitrogens is 4. The number of hydrogen-bond acceptors (Lipinski definition) is 10. The lowest BCUT2D eigenvalue weighted by molar-refractivity contribution is -0.0812. The second kappa shape index (κ2) is 9.45. The molecule has 32 heavy (non-hydrogen) atoms. The van der Waals surface area contributed by atoms with Gasteiger partial charge in [-0.05, 0) is 12.8 Å². The number of hydrogen-bond donors (Lipinski definition) is 6. The highest BCUT2D eigenvalue weighted by Crippen LogP contribution is 2.42. The summed E-state index contributed by atoms with van der Waals surface area (Å²) < 4.78 is 23.2. The molecule has 1 aliphatic carbocycles. The zero-order valence-electron chi connectivity index (χ0n) is 16.9. The van der Waals surface area contributed by atoms with E-state index in [9.17, 15) is 14.8 Å². The summed E-state index contributed by atoms with van der Waals surface area (Å²) in [6, 6.07) is 1.93. The van der Waals surface area contributed by atoms with E-state index in [1.807, 2.05) is 0 Å². The highest BCUT2D eigenvalue weighted by Gasteiger charge is 2.46. The summed E-state index contributed by atoms with van der Waals surface area (Å²) in [7, 11) is -4.72. The highest BCUT2D eigenvalue weighted by atomic mass is 35.5. The summed E-state index contributed by atoms with van der Waals surface area (Å²) in [4.78, 5) is 22.6. The molecule has 1 aliphatic heterocycles. The first-order chi connectivity index (χ1) is 15.2. The summed E-state index contributed by atoms with van der Waals surface area (Å²) in [5, 5.41) is 41.7. The smallest absolute Gasteiger partial charge is 0.356 e. The first-order valence-electron chi connectivity index (χ1n) is 10.2. The van der Waals surface area contributed by atoms with Gasteiger partial charge in [-0.25, -0.2) is 4.98 Å². The molecule has 13 nitrogen and oxygen atoms in total. The Morgan fingerprint density at radius 1 is 1.31 bits per heavy atom. The van der Waals surface area contributed by atoms with Crippen molar-refractivity contribution < 1.29 is 39.1 Å². The maximum Gasteiger partial charge on any atom is 0.356 e. The lowest BCUT2D eigenvalue weighted by Crippen LogP contribution is -2.35. The molecule has 1 saturated heterocycles. The average molecular weight is 494 g/mol. The molecule has 0 amide bonds. The summed E-state index contributed by atoms with van der Waals surface area (Å²) in [6.07, 6.45) is -0.936. The molecule has 178 valence electrons. The summed E-state index contributed by atoms with van der Waals surface area (Å²) in [5.74, 6) is -1.77. The normalized spacial score (nSPS) is 27.9. The Balaban J connectivity index is 1.54. The van der Waals surface area contributed by atoms with Crippen LogP contribution in [0.5, 0.6) is 0 Å². The van der Waals surface area contributed by atoms with Gasteiger partial charge >= 0.3 is 7.60 Å². The van der Waals surface area contributed by atoms with Gasteiger partial charge in [-0.15, -0.1) is 5.10 Å². The molecule has 5 atom stereocenters. The summed E-state index contributed by atoms with van der Waals surface area (Å²) in [6.45, 7) is -1.41. The van der Waals surface area contributed by atoms with E-state index >= 15 is 0 Å². The molecular weight excluding hydrogens is 469 g/mol. The molecule has 6 N–H and O–H groups in total. The van der Waals surface area contributed by atoms with Gasteiger partial charge in [0, 0.05) is 12.1 Å². The fourth-order valence-corrected chi connectivity index (χ4v) is 4.67. The number of aliphatic hydroxyl groups is 3. The van der Waals surface area contributed by atoms with E-state index in [1.165, 1.54) is 4.68 Å². The summed E-state index contributed by atoms with van der Waals surface area (Å²) in [5.41, 5.74) is 1.31. The highest BCUT2D eigenvalue weighted by molar-refractivity contribution is 7.52. The van der Waals surface area contributed by atoms with E-state index < -0.39 is 51.2 Å². The predicted octanol–water partition coefficient (Wildman–Crippen LogP) is -0.0339. The van der Waals surface area contributed by atoms with E-state index in [-0.39, 0.29) is 16.8 Å². The number of anilines is 1. The predicted molar refractivity (Wildman–Crippen MR) is 111 cm³/mol. The molecule has 2 fully saturated rings. The van der Waals surface area contributed by atoms with Gasteiger partial charge in [0.2, 0.25) is 0 Å². The van der Waals surface area contributed by atoms with Crippen molar-refractivity contribution >= 4 is 36.0 Å². The van der Waals surface area contributed by atoms with Gasteiger partial charge in [0.1, 0.15) is 23.5 Å². The van der Waals surface area contributed by atoms with Crippen LogP contribution >= 0.6 is 19.2 Å². The monoisotopic (exact) mass is 493 g/mol. The quantitative estimate of drug-likeness (QED) is 0.213. The van der Waals surface area contributed by atoms with Crippen molar-refractivity contribution in [2.24, 2.45) is 0 Å². The van der Waals surface area contributed by atoms with E-state index in [2.05, 4.69) is 20.6 Å². The van der Waals surface area contributed by atoms with Gasteiger partial charge in [-0.2, -0.15) is 4.68 Å². The number of aliphatic hydroxyl groups excluding tert-OH is 3. The van der Waals surface area contributed by atoms with Crippen LogP contribution in [0.2, 0.25) is 5.15 Å². The van der Waals surface area contributed by atoms with Gasteiger partial charge < -0.3 is 39.9 Å². The third-order valence-electron chi connectivity index (χ3n) is 5.68. The minimum Gasteiger partial charge on any atom is -0.393 e. The van der Waals surface area contributed by atoms with Gasteiger partial charge in [-0.3, -0.25) is 4.57 Å². The Bertz CT molecular complexity index is 999. The van der Waals surface area contributed by atoms with Crippen molar-refractivity contribution in [3.8, 4) is 0 Å². The third kappa shape index (κ3) is 4.76. The number of fused-ring (bicyclic) bond motifs is 1. The van der Waals surface area contributed by atoms with Crippen molar-refractivity contribution in [1.82, 2.24) is 20.0 Å². The van der Waals surface area contributed by atoms with Gasteiger partial charge in [0.15, 0.2) is 23.2 Å². The van der Waals surface area contributed by atoms with Crippen LogP contribution in [0.3, 0.4) is 0 Å². The first-order valence-corrected chi connectivity index (χ1v) is 12.2. The van der Waals surface area contributed by atoms with E-state index in [0.717, 1.165) is 25.7 Å². The maximum atomic E-state index is 11.3. The van der Waals surface area contributed by atoms with Crippen LogP contribution in [-0.2, 0) is 14.0 Å². The van der Waals surface area contributed by atoms with Crippen LogP contribution in [0.4, 0.5) is 5.69 Å². The van der Waals surface area contributed by atoms with Crippen LogP contribution in [-0.4, -0.2) is 88.5 Å². The number of halogens is 1. The lowest BCUT2D eigenvalue weighted by atomic mass is 10.1. The van der Waals surface area contributed by atoms with Crippen LogP contribution in [0.25, 0.3) is 11.2 Å². The van der Waals surface area contributed by atoms with Crippen molar-refractivity contribution in [2.75, 3.05) is 18.5 Å².